The molecule has 0 spiro atoms. The summed E-state index contributed by atoms with van der Waals surface area (Å²) in [5, 5.41) is 6.62. The second-order valence-corrected chi connectivity index (χ2v) is 5.86. The molecule has 5 nitrogen and oxygen atoms in total. The van der Waals surface area contributed by atoms with Crippen LogP contribution in [0.4, 0.5) is 0 Å². The lowest BCUT2D eigenvalue weighted by atomic mass is 9.89. The number of hydrogen-bond donors (Lipinski definition) is 3. The van der Waals surface area contributed by atoms with E-state index in [-0.39, 0.29) is 5.91 Å². The molecule has 2 aliphatic rings. The van der Waals surface area contributed by atoms with Crippen molar-refractivity contribution in [3.05, 3.63) is 18.2 Å². The Morgan fingerprint density at radius 3 is 2.84 bits per heavy atom. The summed E-state index contributed by atoms with van der Waals surface area (Å²) >= 11 is 0. The Morgan fingerprint density at radius 2 is 2.16 bits per heavy atom. The molecule has 2 fully saturated rings. The van der Waals surface area contributed by atoms with E-state index in [1.165, 1.54) is 25.7 Å². The van der Waals surface area contributed by atoms with E-state index in [1.54, 1.807) is 12.5 Å². The average Bonchev–Trinajstić information content (AvgIpc) is 2.99. The van der Waals surface area contributed by atoms with Gasteiger partial charge in [-0.1, -0.05) is 0 Å². The number of piperidine rings is 1. The van der Waals surface area contributed by atoms with Crippen molar-refractivity contribution in [3.63, 3.8) is 0 Å². The average molecular weight is 262 g/mol. The first-order valence-electron chi connectivity index (χ1n) is 7.29. The SMILES string of the molecule is O=C(CC1CC2CCC(C1)N2)NCCc1cnc[nH]1. The second kappa shape index (κ2) is 5.74. The third kappa shape index (κ3) is 3.35. The van der Waals surface area contributed by atoms with Crippen LogP contribution in [0.5, 0.6) is 0 Å². The highest BCUT2D eigenvalue weighted by Gasteiger charge is 2.33. The molecular formula is C14H22N4O. The normalized spacial score (nSPS) is 29.4. The molecule has 104 valence electrons. The predicted molar refractivity (Wildman–Crippen MR) is 72.6 cm³/mol. The number of aromatic amines is 1. The van der Waals surface area contributed by atoms with Gasteiger partial charge in [0.1, 0.15) is 0 Å². The molecule has 2 bridgehead atoms. The molecule has 3 rings (SSSR count). The minimum absolute atomic E-state index is 0.200. The Bertz CT molecular complexity index is 405. The van der Waals surface area contributed by atoms with Crippen molar-refractivity contribution in [1.82, 2.24) is 20.6 Å². The van der Waals surface area contributed by atoms with E-state index in [4.69, 9.17) is 0 Å². The van der Waals surface area contributed by atoms with Crippen molar-refractivity contribution in [2.24, 2.45) is 5.92 Å². The van der Waals surface area contributed by atoms with Gasteiger partial charge in [0.2, 0.25) is 5.91 Å². The summed E-state index contributed by atoms with van der Waals surface area (Å²) < 4.78 is 0. The molecule has 2 unspecified atom stereocenters. The van der Waals surface area contributed by atoms with Gasteiger partial charge in [-0.3, -0.25) is 4.79 Å². The van der Waals surface area contributed by atoms with E-state index in [0.29, 0.717) is 31.0 Å². The van der Waals surface area contributed by atoms with Crippen molar-refractivity contribution >= 4 is 5.91 Å². The molecule has 0 aliphatic carbocycles. The fourth-order valence-electron chi connectivity index (χ4n) is 3.43. The number of carbonyl (C=O) groups excluding carboxylic acids is 1. The van der Waals surface area contributed by atoms with Crippen LogP contribution < -0.4 is 10.6 Å². The van der Waals surface area contributed by atoms with Crippen LogP contribution in [-0.4, -0.2) is 34.5 Å². The lowest BCUT2D eigenvalue weighted by Crippen LogP contribution is -2.39. The molecule has 1 amide bonds. The van der Waals surface area contributed by atoms with Crippen LogP contribution in [0, 0.1) is 5.92 Å². The molecule has 2 saturated heterocycles. The molecule has 0 aromatic carbocycles. The van der Waals surface area contributed by atoms with Gasteiger partial charge < -0.3 is 15.6 Å². The summed E-state index contributed by atoms with van der Waals surface area (Å²) in [6, 6.07) is 1.34. The summed E-state index contributed by atoms with van der Waals surface area (Å²) in [5.74, 6) is 0.775. The molecule has 2 aliphatic heterocycles. The topological polar surface area (TPSA) is 69.8 Å². The number of hydrogen-bond acceptors (Lipinski definition) is 3. The van der Waals surface area contributed by atoms with E-state index in [9.17, 15) is 4.79 Å². The van der Waals surface area contributed by atoms with Crippen LogP contribution in [0.2, 0.25) is 0 Å². The number of H-pyrrole nitrogens is 1. The standard InChI is InChI=1S/C14H22N4O/c19-14(16-4-3-13-8-15-9-17-13)7-10-5-11-1-2-12(6-10)18-11/h8-12,18H,1-7H2,(H,15,17)(H,16,19). The highest BCUT2D eigenvalue weighted by molar-refractivity contribution is 5.76. The smallest absolute Gasteiger partial charge is 0.220 e. The number of aromatic nitrogens is 2. The number of nitrogens with zero attached hydrogens (tertiary/aromatic N) is 1. The van der Waals surface area contributed by atoms with Crippen molar-refractivity contribution in [2.75, 3.05) is 6.54 Å². The molecule has 1 aromatic rings. The Balaban J connectivity index is 1.37. The summed E-state index contributed by atoms with van der Waals surface area (Å²) in [7, 11) is 0. The van der Waals surface area contributed by atoms with Gasteiger partial charge >= 0.3 is 0 Å². The fraction of sp³-hybridized carbons (Fsp3) is 0.714. The van der Waals surface area contributed by atoms with Crippen molar-refractivity contribution in [2.45, 2.75) is 50.6 Å². The third-order valence-corrected chi connectivity index (χ3v) is 4.32. The van der Waals surface area contributed by atoms with Gasteiger partial charge in [-0.25, -0.2) is 4.98 Å². The quantitative estimate of drug-likeness (QED) is 0.741. The van der Waals surface area contributed by atoms with Crippen LogP contribution in [-0.2, 0) is 11.2 Å². The van der Waals surface area contributed by atoms with E-state index < -0.39 is 0 Å². The van der Waals surface area contributed by atoms with E-state index in [1.807, 2.05) is 0 Å². The summed E-state index contributed by atoms with van der Waals surface area (Å²) in [5.41, 5.74) is 1.07. The van der Waals surface area contributed by atoms with E-state index >= 15 is 0 Å². The van der Waals surface area contributed by atoms with E-state index in [0.717, 1.165) is 12.1 Å². The zero-order valence-corrected chi connectivity index (χ0v) is 11.2. The van der Waals surface area contributed by atoms with Crippen LogP contribution in [0.15, 0.2) is 12.5 Å². The first-order chi connectivity index (χ1) is 9.29. The maximum absolute atomic E-state index is 11.9. The first-order valence-corrected chi connectivity index (χ1v) is 7.29. The lowest BCUT2D eigenvalue weighted by molar-refractivity contribution is -0.122. The number of rotatable bonds is 5. The summed E-state index contributed by atoms with van der Waals surface area (Å²) in [6.07, 6.45) is 9.92. The molecule has 5 heteroatoms. The van der Waals surface area contributed by atoms with Crippen molar-refractivity contribution in [1.29, 1.82) is 0 Å². The van der Waals surface area contributed by atoms with Crippen LogP contribution in [0.25, 0.3) is 0 Å². The van der Waals surface area contributed by atoms with Crippen LogP contribution in [0.3, 0.4) is 0 Å². The first kappa shape index (κ1) is 12.7. The number of imidazole rings is 1. The van der Waals surface area contributed by atoms with Crippen LogP contribution in [0.1, 0.15) is 37.8 Å². The maximum atomic E-state index is 11.9. The van der Waals surface area contributed by atoms with Gasteiger partial charge in [0.05, 0.1) is 6.33 Å². The second-order valence-electron chi connectivity index (χ2n) is 5.86. The van der Waals surface area contributed by atoms with Crippen molar-refractivity contribution in [3.8, 4) is 0 Å². The van der Waals surface area contributed by atoms with Gasteiger partial charge in [0.15, 0.2) is 0 Å². The Hall–Kier alpha value is -1.36. The van der Waals surface area contributed by atoms with Crippen LogP contribution >= 0.6 is 0 Å². The maximum Gasteiger partial charge on any atom is 0.220 e. The molecular weight excluding hydrogens is 240 g/mol. The van der Waals surface area contributed by atoms with Crippen molar-refractivity contribution < 1.29 is 4.79 Å². The van der Waals surface area contributed by atoms with Gasteiger partial charge in [0, 0.05) is 43.4 Å². The number of fused-ring (bicyclic) bond motifs is 2. The Labute approximate surface area is 113 Å². The van der Waals surface area contributed by atoms with E-state index in [2.05, 4.69) is 20.6 Å². The molecule has 3 heterocycles. The highest BCUT2D eigenvalue weighted by atomic mass is 16.1. The van der Waals surface area contributed by atoms with Gasteiger partial charge in [-0.05, 0) is 31.6 Å². The largest absolute Gasteiger partial charge is 0.356 e. The zero-order valence-electron chi connectivity index (χ0n) is 11.2. The van der Waals surface area contributed by atoms with Gasteiger partial charge in [-0.15, -0.1) is 0 Å². The molecule has 0 radical (unpaired) electrons. The minimum Gasteiger partial charge on any atom is -0.356 e. The highest BCUT2D eigenvalue weighted by Crippen LogP contribution is 2.32. The molecule has 0 saturated carbocycles. The molecule has 3 N–H and O–H groups in total. The lowest BCUT2D eigenvalue weighted by Gasteiger charge is -2.28. The van der Waals surface area contributed by atoms with Gasteiger partial charge in [0.25, 0.3) is 0 Å². The Kier molecular flexibility index (Phi) is 3.82. The molecule has 2 atom stereocenters. The number of nitrogens with one attached hydrogen (secondary N) is 3. The Morgan fingerprint density at radius 1 is 1.37 bits per heavy atom. The third-order valence-electron chi connectivity index (χ3n) is 4.32. The monoisotopic (exact) mass is 262 g/mol. The zero-order chi connectivity index (χ0) is 13.1. The predicted octanol–water partition coefficient (Wildman–Crippen LogP) is 0.989. The summed E-state index contributed by atoms with van der Waals surface area (Å²) in [6.45, 7) is 0.693. The molecule has 1 aromatic heterocycles. The minimum atomic E-state index is 0.200. The summed E-state index contributed by atoms with van der Waals surface area (Å²) in [4.78, 5) is 18.9. The number of carbonyl (C=O) groups is 1. The fourth-order valence-corrected chi connectivity index (χ4v) is 3.43. The van der Waals surface area contributed by atoms with Gasteiger partial charge in [-0.2, -0.15) is 0 Å². The number of amides is 1. The molecule has 19 heavy (non-hydrogen) atoms.